The van der Waals surface area contributed by atoms with E-state index in [1.807, 2.05) is 12.1 Å². The molecule has 0 aliphatic rings. The van der Waals surface area contributed by atoms with Crippen molar-refractivity contribution < 1.29 is 4.42 Å². The standard InChI is InChI=1S/C82H57N3O/c1-5-19-58(20-6-1)62-35-45-68(46-36-62)83(69-47-37-63(38-48-69)59-21-7-2-8-22-59)73-55-74(84(70-49-39-64(40-50-70)60-23-9-3-10-24-60)71-51-41-65(42-52-71)61-25-11-4-12-26-61)57-75(56-73)85(80-33-17-28-66-27-13-14-29-76(66)80)72-53-43-67(44-54-72)77-31-18-32-79-78-30-15-16-34-81(78)86-82(77)79/h1-57H. The van der Waals surface area contributed by atoms with Gasteiger partial charge < -0.3 is 19.1 Å². The second kappa shape index (κ2) is 22.7. The van der Waals surface area contributed by atoms with E-state index in [0.717, 1.165) is 117 Å². The molecule has 15 aromatic rings. The summed E-state index contributed by atoms with van der Waals surface area (Å²) in [7, 11) is 0. The number of anilines is 9. The number of furan rings is 1. The van der Waals surface area contributed by atoms with E-state index < -0.39 is 0 Å². The minimum Gasteiger partial charge on any atom is -0.455 e. The Morgan fingerprint density at radius 2 is 0.512 bits per heavy atom. The van der Waals surface area contributed by atoms with Crippen LogP contribution in [0.5, 0.6) is 0 Å². The van der Waals surface area contributed by atoms with Gasteiger partial charge in [0.25, 0.3) is 0 Å². The van der Waals surface area contributed by atoms with Crippen LogP contribution < -0.4 is 14.7 Å². The van der Waals surface area contributed by atoms with Crippen LogP contribution in [0.1, 0.15) is 0 Å². The number of rotatable bonds is 14. The number of para-hydroxylation sites is 2. The molecule has 1 aromatic heterocycles. The second-order valence-corrected chi connectivity index (χ2v) is 21.7. The molecule has 4 heteroatoms. The lowest BCUT2D eigenvalue weighted by molar-refractivity contribution is 0.670. The molecule has 0 saturated heterocycles. The molecular formula is C82H57N3O. The number of benzene rings is 14. The largest absolute Gasteiger partial charge is 0.455 e. The van der Waals surface area contributed by atoms with Crippen LogP contribution in [0.25, 0.3) is 88.3 Å². The Labute approximate surface area is 501 Å². The minimum absolute atomic E-state index is 0.881. The van der Waals surface area contributed by atoms with Gasteiger partial charge in [0, 0.05) is 50.2 Å². The lowest BCUT2D eigenvalue weighted by atomic mass is 10.0. The van der Waals surface area contributed by atoms with Gasteiger partial charge in [-0.25, -0.2) is 0 Å². The molecule has 0 fully saturated rings. The van der Waals surface area contributed by atoms with Crippen molar-refractivity contribution >= 4 is 83.9 Å². The lowest BCUT2D eigenvalue weighted by Crippen LogP contribution is -2.16. The van der Waals surface area contributed by atoms with E-state index >= 15 is 0 Å². The predicted molar refractivity (Wildman–Crippen MR) is 362 cm³/mol. The molecule has 0 amide bonds. The Morgan fingerprint density at radius 1 is 0.198 bits per heavy atom. The van der Waals surface area contributed by atoms with E-state index in [1.165, 1.54) is 22.3 Å². The van der Waals surface area contributed by atoms with Crippen molar-refractivity contribution in [2.45, 2.75) is 0 Å². The van der Waals surface area contributed by atoms with Crippen LogP contribution in [0.3, 0.4) is 0 Å². The van der Waals surface area contributed by atoms with Gasteiger partial charge in [-0.3, -0.25) is 0 Å². The Morgan fingerprint density at radius 3 is 0.953 bits per heavy atom. The van der Waals surface area contributed by atoms with Gasteiger partial charge in [-0.05, 0) is 146 Å². The van der Waals surface area contributed by atoms with E-state index in [1.54, 1.807) is 0 Å². The van der Waals surface area contributed by atoms with Gasteiger partial charge in [0.1, 0.15) is 11.2 Å². The molecule has 0 aliphatic heterocycles. The molecule has 0 aliphatic carbocycles. The fraction of sp³-hybridized carbons (Fsp3) is 0. The second-order valence-electron chi connectivity index (χ2n) is 21.7. The van der Waals surface area contributed by atoms with E-state index in [2.05, 4.69) is 348 Å². The maximum Gasteiger partial charge on any atom is 0.143 e. The first kappa shape index (κ1) is 51.4. The van der Waals surface area contributed by atoms with Crippen molar-refractivity contribution in [1.82, 2.24) is 0 Å². The Hall–Kier alpha value is -11.5. The van der Waals surface area contributed by atoms with E-state index in [-0.39, 0.29) is 0 Å². The summed E-state index contributed by atoms with van der Waals surface area (Å²) in [5.74, 6) is 0. The zero-order valence-electron chi connectivity index (χ0n) is 47.2. The first-order valence-corrected chi connectivity index (χ1v) is 29.3. The summed E-state index contributed by atoms with van der Waals surface area (Å²) in [5.41, 5.74) is 22.2. The van der Waals surface area contributed by atoms with Crippen molar-refractivity contribution in [1.29, 1.82) is 0 Å². The van der Waals surface area contributed by atoms with Crippen LogP contribution in [-0.2, 0) is 0 Å². The highest BCUT2D eigenvalue weighted by Gasteiger charge is 2.25. The topological polar surface area (TPSA) is 22.9 Å². The van der Waals surface area contributed by atoms with Gasteiger partial charge in [-0.1, -0.05) is 255 Å². The van der Waals surface area contributed by atoms with Gasteiger partial charge in [0.05, 0.1) is 22.7 Å². The van der Waals surface area contributed by atoms with Crippen molar-refractivity contribution in [3.05, 3.63) is 346 Å². The van der Waals surface area contributed by atoms with E-state index in [0.29, 0.717) is 0 Å². The highest BCUT2D eigenvalue weighted by molar-refractivity contribution is 6.10. The molecule has 4 nitrogen and oxygen atoms in total. The summed E-state index contributed by atoms with van der Waals surface area (Å²) < 4.78 is 6.62. The third kappa shape index (κ3) is 10.0. The Balaban J connectivity index is 0.973. The van der Waals surface area contributed by atoms with Crippen LogP contribution in [0.4, 0.5) is 51.2 Å². The van der Waals surface area contributed by atoms with Gasteiger partial charge >= 0.3 is 0 Å². The molecule has 0 atom stereocenters. The van der Waals surface area contributed by atoms with Gasteiger partial charge in [-0.15, -0.1) is 0 Å². The predicted octanol–water partition coefficient (Wildman–Crippen LogP) is 23.5. The molecule has 14 aromatic carbocycles. The molecule has 0 unspecified atom stereocenters. The quantitative estimate of drug-likeness (QED) is 0.108. The highest BCUT2D eigenvalue weighted by Crippen LogP contribution is 2.49. The van der Waals surface area contributed by atoms with Crippen LogP contribution in [0.15, 0.2) is 350 Å². The van der Waals surface area contributed by atoms with Crippen LogP contribution in [-0.4, -0.2) is 0 Å². The third-order valence-corrected chi connectivity index (χ3v) is 16.4. The smallest absolute Gasteiger partial charge is 0.143 e. The van der Waals surface area contributed by atoms with E-state index in [4.69, 9.17) is 4.42 Å². The molecular weight excluding hydrogens is 1040 g/mol. The van der Waals surface area contributed by atoms with Crippen LogP contribution in [0.2, 0.25) is 0 Å². The number of hydrogen-bond donors (Lipinski definition) is 0. The van der Waals surface area contributed by atoms with E-state index in [9.17, 15) is 0 Å². The maximum atomic E-state index is 6.62. The van der Waals surface area contributed by atoms with Gasteiger partial charge in [0.2, 0.25) is 0 Å². The van der Waals surface area contributed by atoms with Crippen molar-refractivity contribution in [2.75, 3.05) is 14.7 Å². The van der Waals surface area contributed by atoms with Crippen molar-refractivity contribution in [2.24, 2.45) is 0 Å². The number of fused-ring (bicyclic) bond motifs is 4. The fourth-order valence-corrected chi connectivity index (χ4v) is 12.2. The molecule has 1 heterocycles. The average Bonchev–Trinajstić information content (AvgIpc) is 2.35. The van der Waals surface area contributed by atoms with Gasteiger partial charge in [-0.2, -0.15) is 0 Å². The molecule has 0 spiro atoms. The SMILES string of the molecule is c1ccc(-c2ccc(N(c3ccc(-c4ccccc4)cc3)c3cc(N(c4ccc(-c5ccccc5)cc4)c4ccc(-c5ccccc5)cc4)cc(N(c4ccc(-c5cccc6c5oc5ccccc56)cc4)c4cccc5ccccc45)c3)cc2)cc1. The average molecular weight is 1100 g/mol. The fourth-order valence-electron chi connectivity index (χ4n) is 12.2. The summed E-state index contributed by atoms with van der Waals surface area (Å²) in [6, 6.07) is 125. The zero-order valence-corrected chi connectivity index (χ0v) is 47.2. The normalized spacial score (nSPS) is 11.3. The summed E-state index contributed by atoms with van der Waals surface area (Å²) in [5, 5.41) is 4.50. The molecule has 0 bridgehead atoms. The van der Waals surface area contributed by atoms with Crippen LogP contribution in [0, 0.1) is 0 Å². The number of hydrogen-bond acceptors (Lipinski definition) is 4. The monoisotopic (exact) mass is 1100 g/mol. The summed E-state index contributed by atoms with van der Waals surface area (Å²) in [6.07, 6.45) is 0. The Bertz CT molecular complexity index is 4460. The first-order valence-electron chi connectivity index (χ1n) is 29.3. The molecule has 0 N–H and O–H groups in total. The van der Waals surface area contributed by atoms with Crippen molar-refractivity contribution in [3.63, 3.8) is 0 Å². The minimum atomic E-state index is 0.881. The summed E-state index contributed by atoms with van der Waals surface area (Å²) in [4.78, 5) is 7.25. The highest BCUT2D eigenvalue weighted by atomic mass is 16.3. The third-order valence-electron chi connectivity index (χ3n) is 16.4. The summed E-state index contributed by atoms with van der Waals surface area (Å²) in [6.45, 7) is 0. The molecule has 86 heavy (non-hydrogen) atoms. The molecule has 406 valence electrons. The van der Waals surface area contributed by atoms with Crippen molar-refractivity contribution in [3.8, 4) is 55.6 Å². The molecule has 15 rings (SSSR count). The summed E-state index contributed by atoms with van der Waals surface area (Å²) >= 11 is 0. The lowest BCUT2D eigenvalue weighted by Gasteiger charge is -2.33. The molecule has 0 radical (unpaired) electrons. The van der Waals surface area contributed by atoms with Crippen LogP contribution >= 0.6 is 0 Å². The number of nitrogens with zero attached hydrogens (tertiary/aromatic N) is 3. The Kier molecular flexibility index (Phi) is 13.6. The maximum absolute atomic E-state index is 6.62. The molecule has 0 saturated carbocycles. The van der Waals surface area contributed by atoms with Gasteiger partial charge in [0.15, 0.2) is 0 Å². The zero-order chi connectivity index (χ0) is 57.2. The first-order chi connectivity index (χ1) is 42.6.